The van der Waals surface area contributed by atoms with E-state index in [0.29, 0.717) is 40.8 Å². The van der Waals surface area contributed by atoms with Crippen molar-refractivity contribution in [2.24, 2.45) is 5.92 Å². The number of hydrogen-bond donors (Lipinski definition) is 1. The van der Waals surface area contributed by atoms with Crippen LogP contribution in [0.2, 0.25) is 0 Å². The first-order chi connectivity index (χ1) is 17.5. The number of methoxy groups -OCH3 is 4. The molecule has 0 bridgehead atoms. The number of anilines is 2. The first-order valence-corrected chi connectivity index (χ1v) is 11.6. The van der Waals surface area contributed by atoms with E-state index >= 15 is 0 Å². The Balaban J connectivity index is 1.77. The molecule has 0 spiro atoms. The molecule has 0 unspecified atom stereocenters. The van der Waals surface area contributed by atoms with Crippen LogP contribution in [0, 0.1) is 5.92 Å². The second-order valence-corrected chi connectivity index (χ2v) is 8.39. The van der Waals surface area contributed by atoms with Crippen LogP contribution in [0.1, 0.15) is 24.4 Å². The van der Waals surface area contributed by atoms with Crippen molar-refractivity contribution < 1.29 is 28.5 Å². The molecule has 1 heterocycles. The van der Waals surface area contributed by atoms with Gasteiger partial charge in [0.2, 0.25) is 11.8 Å². The van der Waals surface area contributed by atoms with Gasteiger partial charge >= 0.3 is 0 Å². The minimum atomic E-state index is -0.565. The van der Waals surface area contributed by atoms with Crippen molar-refractivity contribution >= 4 is 23.2 Å². The molecule has 8 heteroatoms. The molecule has 1 fully saturated rings. The molecular formula is C28H30N2O6. The summed E-state index contributed by atoms with van der Waals surface area (Å²) in [5, 5.41) is 3.01. The molecule has 36 heavy (non-hydrogen) atoms. The van der Waals surface area contributed by atoms with Crippen molar-refractivity contribution in [3.8, 4) is 23.0 Å². The summed E-state index contributed by atoms with van der Waals surface area (Å²) in [4.78, 5) is 28.7. The van der Waals surface area contributed by atoms with Crippen molar-refractivity contribution in [2.45, 2.75) is 18.9 Å². The van der Waals surface area contributed by atoms with E-state index in [-0.39, 0.29) is 18.2 Å². The summed E-state index contributed by atoms with van der Waals surface area (Å²) in [6, 6.07) is 19.4. The van der Waals surface area contributed by atoms with Gasteiger partial charge in [0.05, 0.1) is 40.4 Å². The normalized spacial score (nSPS) is 17.3. The van der Waals surface area contributed by atoms with E-state index in [1.807, 2.05) is 36.4 Å². The Morgan fingerprint density at radius 3 is 2.22 bits per heavy atom. The van der Waals surface area contributed by atoms with Crippen LogP contribution in [-0.2, 0) is 9.59 Å². The van der Waals surface area contributed by atoms with Gasteiger partial charge in [0.1, 0.15) is 11.5 Å². The maximum absolute atomic E-state index is 13.6. The summed E-state index contributed by atoms with van der Waals surface area (Å²) in [6.45, 7) is 0. The standard InChI is InChI=1S/C28H30N2O6/c1-33-21-11-9-20(10-12-21)30-26(31)15-13-23(28(32)29-19-6-5-7-22(17-19)34-2)27(30)18-8-14-24(35-3)25(16-18)36-4/h5-12,14,16-17,23,27H,13,15H2,1-4H3,(H,29,32)/t23-,27-/m1/s1. The van der Waals surface area contributed by atoms with Crippen molar-refractivity contribution in [3.05, 3.63) is 72.3 Å². The molecule has 0 aliphatic carbocycles. The molecular weight excluding hydrogens is 460 g/mol. The Bertz CT molecular complexity index is 1230. The number of hydrogen-bond acceptors (Lipinski definition) is 6. The summed E-state index contributed by atoms with van der Waals surface area (Å²) >= 11 is 0. The number of nitrogens with zero attached hydrogens (tertiary/aromatic N) is 1. The van der Waals surface area contributed by atoms with E-state index < -0.39 is 12.0 Å². The molecule has 1 aliphatic heterocycles. The number of amides is 2. The molecule has 1 N–H and O–H groups in total. The van der Waals surface area contributed by atoms with Gasteiger partial charge in [0, 0.05) is 23.9 Å². The molecule has 3 aromatic rings. The van der Waals surface area contributed by atoms with Crippen molar-refractivity contribution in [3.63, 3.8) is 0 Å². The molecule has 4 rings (SSSR count). The Hall–Kier alpha value is -4.20. The Kier molecular flexibility index (Phi) is 7.63. The fraction of sp³-hybridized carbons (Fsp3) is 0.286. The van der Waals surface area contributed by atoms with Gasteiger partial charge in [0.25, 0.3) is 0 Å². The molecule has 0 aromatic heterocycles. The second-order valence-electron chi connectivity index (χ2n) is 8.39. The van der Waals surface area contributed by atoms with E-state index in [0.717, 1.165) is 5.56 Å². The highest BCUT2D eigenvalue weighted by Crippen LogP contribution is 2.43. The van der Waals surface area contributed by atoms with Gasteiger partial charge in [-0.2, -0.15) is 0 Å². The summed E-state index contributed by atoms with van der Waals surface area (Å²) in [6.07, 6.45) is 0.645. The second kappa shape index (κ2) is 11.0. The number of nitrogens with one attached hydrogen (secondary N) is 1. The van der Waals surface area contributed by atoms with Crippen molar-refractivity contribution in [1.29, 1.82) is 0 Å². The van der Waals surface area contributed by atoms with Crippen molar-refractivity contribution in [1.82, 2.24) is 0 Å². The maximum atomic E-state index is 13.6. The molecule has 1 aliphatic rings. The third kappa shape index (κ3) is 5.07. The van der Waals surface area contributed by atoms with Crippen LogP contribution in [0.3, 0.4) is 0 Å². The van der Waals surface area contributed by atoms with E-state index in [1.165, 1.54) is 0 Å². The fourth-order valence-corrected chi connectivity index (χ4v) is 4.57. The summed E-state index contributed by atoms with van der Waals surface area (Å²) in [7, 11) is 6.29. The third-order valence-corrected chi connectivity index (χ3v) is 6.37. The van der Waals surface area contributed by atoms with Crippen LogP contribution in [0.25, 0.3) is 0 Å². The van der Waals surface area contributed by atoms with Crippen LogP contribution < -0.4 is 29.2 Å². The van der Waals surface area contributed by atoms with Crippen LogP contribution in [0.4, 0.5) is 11.4 Å². The highest BCUT2D eigenvalue weighted by molar-refractivity contribution is 6.00. The van der Waals surface area contributed by atoms with E-state index in [9.17, 15) is 9.59 Å². The lowest BCUT2D eigenvalue weighted by Crippen LogP contribution is -2.47. The van der Waals surface area contributed by atoms with Gasteiger partial charge in [-0.05, 0) is 60.5 Å². The Morgan fingerprint density at radius 1 is 0.833 bits per heavy atom. The van der Waals surface area contributed by atoms with Crippen LogP contribution in [0.5, 0.6) is 23.0 Å². The number of benzene rings is 3. The van der Waals surface area contributed by atoms with Gasteiger partial charge in [-0.1, -0.05) is 12.1 Å². The molecule has 1 saturated heterocycles. The number of ether oxygens (including phenoxy) is 4. The van der Waals surface area contributed by atoms with Gasteiger partial charge in [-0.3, -0.25) is 9.59 Å². The van der Waals surface area contributed by atoms with Crippen LogP contribution >= 0.6 is 0 Å². The predicted molar refractivity (Wildman–Crippen MR) is 137 cm³/mol. The summed E-state index contributed by atoms with van der Waals surface area (Å²) in [5.41, 5.74) is 2.07. The maximum Gasteiger partial charge on any atom is 0.229 e. The SMILES string of the molecule is COc1ccc(N2C(=O)CC[C@@H](C(=O)Nc3cccc(OC)c3)[C@H]2c2ccc(OC)c(OC)c2)cc1. The lowest BCUT2D eigenvalue weighted by molar-refractivity contribution is -0.125. The zero-order chi connectivity index (χ0) is 25.7. The van der Waals surface area contributed by atoms with Gasteiger partial charge in [-0.15, -0.1) is 0 Å². The molecule has 188 valence electrons. The van der Waals surface area contributed by atoms with E-state index in [4.69, 9.17) is 18.9 Å². The fourth-order valence-electron chi connectivity index (χ4n) is 4.57. The monoisotopic (exact) mass is 490 g/mol. The lowest BCUT2D eigenvalue weighted by Gasteiger charge is -2.41. The smallest absolute Gasteiger partial charge is 0.229 e. The highest BCUT2D eigenvalue weighted by Gasteiger charge is 2.42. The lowest BCUT2D eigenvalue weighted by atomic mass is 9.83. The molecule has 0 saturated carbocycles. The molecule has 8 nitrogen and oxygen atoms in total. The third-order valence-electron chi connectivity index (χ3n) is 6.37. The number of piperidine rings is 1. The quantitative estimate of drug-likeness (QED) is 0.486. The van der Waals surface area contributed by atoms with E-state index in [2.05, 4.69) is 5.32 Å². The number of rotatable bonds is 8. The Morgan fingerprint density at radius 2 is 1.56 bits per heavy atom. The Labute approximate surface area is 210 Å². The minimum Gasteiger partial charge on any atom is -0.497 e. The van der Waals surface area contributed by atoms with E-state index in [1.54, 1.807) is 63.7 Å². The van der Waals surface area contributed by atoms with Crippen LogP contribution in [-0.4, -0.2) is 40.3 Å². The number of carbonyl (C=O) groups excluding carboxylic acids is 2. The first kappa shape index (κ1) is 24.9. The number of carbonyl (C=O) groups is 2. The van der Waals surface area contributed by atoms with Gasteiger partial charge in [0.15, 0.2) is 11.5 Å². The van der Waals surface area contributed by atoms with Gasteiger partial charge in [-0.25, -0.2) is 0 Å². The van der Waals surface area contributed by atoms with Gasteiger partial charge < -0.3 is 29.2 Å². The predicted octanol–water partition coefficient (Wildman–Crippen LogP) is 4.84. The molecule has 3 aromatic carbocycles. The zero-order valence-electron chi connectivity index (χ0n) is 20.8. The topological polar surface area (TPSA) is 86.3 Å². The van der Waals surface area contributed by atoms with Crippen LogP contribution in [0.15, 0.2) is 66.7 Å². The first-order valence-electron chi connectivity index (χ1n) is 11.6. The highest BCUT2D eigenvalue weighted by atomic mass is 16.5. The molecule has 2 amide bonds. The average Bonchev–Trinajstić information content (AvgIpc) is 2.92. The molecule has 2 atom stereocenters. The average molecular weight is 491 g/mol. The zero-order valence-corrected chi connectivity index (χ0v) is 20.8. The van der Waals surface area contributed by atoms with Crippen molar-refractivity contribution in [2.75, 3.05) is 38.7 Å². The minimum absolute atomic E-state index is 0.0645. The summed E-state index contributed by atoms with van der Waals surface area (Å²) < 4.78 is 21.5. The summed E-state index contributed by atoms with van der Waals surface area (Å²) in [5.74, 6) is 1.64. The molecule has 0 radical (unpaired) electrons. The largest absolute Gasteiger partial charge is 0.497 e.